The molecule has 0 saturated carbocycles. The molecule has 1 amide bonds. The van der Waals surface area contributed by atoms with Gasteiger partial charge >= 0.3 is 5.97 Å². The maximum Gasteiger partial charge on any atom is 0.331 e. The number of carboxylic acid groups (broad SMARTS) is 1. The van der Waals surface area contributed by atoms with Crippen molar-refractivity contribution in [2.24, 2.45) is 0 Å². The Labute approximate surface area is 119 Å². The van der Waals surface area contributed by atoms with Gasteiger partial charge in [0.15, 0.2) is 5.54 Å². The molecule has 0 aromatic heterocycles. The highest BCUT2D eigenvalue weighted by molar-refractivity contribution is 5.99. The van der Waals surface area contributed by atoms with Gasteiger partial charge in [-0.3, -0.25) is 14.9 Å². The summed E-state index contributed by atoms with van der Waals surface area (Å²) in [6.45, 7) is 1.56. The van der Waals surface area contributed by atoms with Gasteiger partial charge in [-0.25, -0.2) is 4.79 Å². The summed E-state index contributed by atoms with van der Waals surface area (Å²) < 4.78 is 5.05. The largest absolute Gasteiger partial charge is 0.479 e. The molecule has 112 valence electrons. The lowest BCUT2D eigenvalue weighted by molar-refractivity contribution is -0.385. The molecule has 21 heavy (non-hydrogen) atoms. The van der Waals surface area contributed by atoms with Crippen LogP contribution in [-0.4, -0.2) is 40.7 Å². The van der Waals surface area contributed by atoms with E-state index < -0.39 is 22.3 Å². The minimum atomic E-state index is -1.48. The number of hydrogen-bond acceptors (Lipinski definition) is 5. The van der Waals surface area contributed by atoms with Crippen molar-refractivity contribution in [2.45, 2.75) is 18.9 Å². The summed E-state index contributed by atoms with van der Waals surface area (Å²) in [7, 11) is 0. The molecule has 2 rings (SSSR count). The molecule has 1 atom stereocenters. The Balaban J connectivity index is 2.31. The number of benzene rings is 1. The van der Waals surface area contributed by atoms with Crippen LogP contribution in [0.1, 0.15) is 22.3 Å². The summed E-state index contributed by atoms with van der Waals surface area (Å²) in [5, 5.41) is 22.6. The number of nitro groups is 1. The van der Waals surface area contributed by atoms with Crippen molar-refractivity contribution in [1.82, 2.24) is 5.32 Å². The lowest BCUT2D eigenvalue weighted by Crippen LogP contribution is -2.55. The molecule has 1 aromatic rings. The average Bonchev–Trinajstić information content (AvgIpc) is 2.88. The van der Waals surface area contributed by atoms with Gasteiger partial charge in [0.25, 0.3) is 11.6 Å². The number of carbonyl (C=O) groups excluding carboxylic acids is 1. The van der Waals surface area contributed by atoms with E-state index in [4.69, 9.17) is 4.74 Å². The Morgan fingerprint density at radius 2 is 2.19 bits per heavy atom. The van der Waals surface area contributed by atoms with Gasteiger partial charge in [-0.2, -0.15) is 0 Å². The quantitative estimate of drug-likeness (QED) is 0.628. The van der Waals surface area contributed by atoms with E-state index in [-0.39, 0.29) is 36.4 Å². The van der Waals surface area contributed by atoms with Crippen LogP contribution in [0.2, 0.25) is 0 Å². The van der Waals surface area contributed by atoms with Crippen LogP contribution in [0.15, 0.2) is 18.2 Å². The molecule has 1 aliphatic heterocycles. The second-order valence-electron chi connectivity index (χ2n) is 4.85. The highest BCUT2D eigenvalue weighted by atomic mass is 16.6. The summed E-state index contributed by atoms with van der Waals surface area (Å²) in [6, 6.07) is 4.10. The number of rotatable bonds is 4. The van der Waals surface area contributed by atoms with Crippen molar-refractivity contribution in [3.05, 3.63) is 39.4 Å². The van der Waals surface area contributed by atoms with Gasteiger partial charge in [-0.1, -0.05) is 6.07 Å². The van der Waals surface area contributed by atoms with E-state index in [9.17, 15) is 24.8 Å². The molecule has 0 bridgehead atoms. The molecule has 8 nitrogen and oxygen atoms in total. The van der Waals surface area contributed by atoms with Crippen LogP contribution in [0.4, 0.5) is 5.69 Å². The fraction of sp³-hybridized carbons (Fsp3) is 0.385. The van der Waals surface area contributed by atoms with Crippen molar-refractivity contribution in [3.8, 4) is 0 Å². The summed E-state index contributed by atoms with van der Waals surface area (Å²) in [4.78, 5) is 33.9. The fourth-order valence-corrected chi connectivity index (χ4v) is 2.24. The molecule has 1 aromatic carbocycles. The van der Waals surface area contributed by atoms with Crippen LogP contribution in [0.3, 0.4) is 0 Å². The highest BCUT2D eigenvalue weighted by Gasteiger charge is 2.44. The van der Waals surface area contributed by atoms with Crippen LogP contribution in [-0.2, 0) is 9.53 Å². The molecule has 0 radical (unpaired) electrons. The Kier molecular flexibility index (Phi) is 3.90. The van der Waals surface area contributed by atoms with E-state index in [2.05, 4.69) is 5.32 Å². The molecule has 8 heteroatoms. The van der Waals surface area contributed by atoms with Crippen molar-refractivity contribution in [3.63, 3.8) is 0 Å². The van der Waals surface area contributed by atoms with E-state index in [1.54, 1.807) is 0 Å². The van der Waals surface area contributed by atoms with E-state index >= 15 is 0 Å². The van der Waals surface area contributed by atoms with Gasteiger partial charge in [-0.15, -0.1) is 0 Å². The SMILES string of the molecule is Cc1c(C(=O)NC2(C(=O)O)CCOC2)cccc1[N+](=O)[O-]. The first-order valence-corrected chi connectivity index (χ1v) is 6.25. The summed E-state index contributed by atoms with van der Waals surface area (Å²) in [6.07, 6.45) is 0.155. The van der Waals surface area contributed by atoms with Crippen LogP contribution in [0, 0.1) is 17.0 Å². The molecule has 1 saturated heterocycles. The number of carbonyl (C=O) groups is 2. The van der Waals surface area contributed by atoms with Gasteiger partial charge < -0.3 is 15.2 Å². The third kappa shape index (κ3) is 2.70. The van der Waals surface area contributed by atoms with E-state index in [0.29, 0.717) is 0 Å². The fourth-order valence-electron chi connectivity index (χ4n) is 2.24. The molecule has 0 aliphatic carbocycles. The number of aliphatic carboxylic acids is 1. The first-order valence-electron chi connectivity index (χ1n) is 6.25. The standard InChI is InChI=1S/C13H14N2O6/c1-8-9(3-2-4-10(8)15(19)20)11(16)14-13(12(17)18)5-6-21-7-13/h2-4H,5-7H2,1H3,(H,14,16)(H,17,18). The Bertz CT molecular complexity index is 607. The number of hydrogen-bond donors (Lipinski definition) is 2. The number of carboxylic acids is 1. The van der Waals surface area contributed by atoms with E-state index in [1.807, 2.05) is 0 Å². The van der Waals surface area contributed by atoms with Crippen LogP contribution in [0.25, 0.3) is 0 Å². The normalized spacial score (nSPS) is 21.0. The third-order valence-corrected chi connectivity index (χ3v) is 3.53. The van der Waals surface area contributed by atoms with Crippen molar-refractivity contribution >= 4 is 17.6 Å². The average molecular weight is 294 g/mol. The van der Waals surface area contributed by atoms with Crippen LogP contribution >= 0.6 is 0 Å². The van der Waals surface area contributed by atoms with Gasteiger partial charge in [0, 0.05) is 30.2 Å². The number of ether oxygens (including phenoxy) is 1. The van der Waals surface area contributed by atoms with Crippen molar-refractivity contribution in [2.75, 3.05) is 13.2 Å². The zero-order chi connectivity index (χ0) is 15.6. The number of nitro benzene ring substituents is 1. The highest BCUT2D eigenvalue weighted by Crippen LogP contribution is 2.24. The molecule has 0 spiro atoms. The number of amides is 1. The molecule has 1 unspecified atom stereocenters. The molecular weight excluding hydrogens is 280 g/mol. The van der Waals surface area contributed by atoms with Crippen molar-refractivity contribution in [1.29, 1.82) is 0 Å². The summed E-state index contributed by atoms with van der Waals surface area (Å²) >= 11 is 0. The monoisotopic (exact) mass is 294 g/mol. The molecule has 2 N–H and O–H groups in total. The van der Waals surface area contributed by atoms with E-state index in [1.165, 1.54) is 25.1 Å². The first kappa shape index (κ1) is 14.9. The lowest BCUT2D eigenvalue weighted by atomic mass is 9.97. The maximum absolute atomic E-state index is 12.3. The zero-order valence-corrected chi connectivity index (χ0v) is 11.3. The number of nitrogens with one attached hydrogen (secondary N) is 1. The Morgan fingerprint density at radius 3 is 2.71 bits per heavy atom. The van der Waals surface area contributed by atoms with Crippen LogP contribution < -0.4 is 5.32 Å². The van der Waals surface area contributed by atoms with Crippen LogP contribution in [0.5, 0.6) is 0 Å². The van der Waals surface area contributed by atoms with Gasteiger partial charge in [0.1, 0.15) is 0 Å². The van der Waals surface area contributed by atoms with E-state index in [0.717, 1.165) is 0 Å². The Morgan fingerprint density at radius 1 is 1.48 bits per heavy atom. The topological polar surface area (TPSA) is 119 Å². The summed E-state index contributed by atoms with van der Waals surface area (Å²) in [5.74, 6) is -1.85. The molecular formula is C13H14N2O6. The molecule has 1 heterocycles. The van der Waals surface area contributed by atoms with Gasteiger partial charge in [0.05, 0.1) is 11.5 Å². The zero-order valence-electron chi connectivity index (χ0n) is 11.3. The maximum atomic E-state index is 12.3. The lowest BCUT2D eigenvalue weighted by Gasteiger charge is -2.24. The number of nitrogens with zero attached hydrogens (tertiary/aromatic N) is 1. The second-order valence-corrected chi connectivity index (χ2v) is 4.85. The second kappa shape index (κ2) is 5.49. The molecule has 1 fully saturated rings. The Hall–Kier alpha value is -2.48. The third-order valence-electron chi connectivity index (χ3n) is 3.53. The smallest absolute Gasteiger partial charge is 0.331 e. The predicted molar refractivity (Wildman–Crippen MR) is 71.1 cm³/mol. The minimum absolute atomic E-state index is 0.0803. The minimum Gasteiger partial charge on any atom is -0.479 e. The predicted octanol–water partition coefficient (Wildman–Crippen LogP) is 0.877. The van der Waals surface area contributed by atoms with Gasteiger partial charge in [0.2, 0.25) is 0 Å². The molecule has 1 aliphatic rings. The van der Waals surface area contributed by atoms with Crippen molar-refractivity contribution < 1.29 is 24.4 Å². The first-order chi connectivity index (χ1) is 9.87. The summed E-state index contributed by atoms with van der Waals surface area (Å²) in [5.41, 5.74) is -1.39. The van der Waals surface area contributed by atoms with Gasteiger partial charge in [-0.05, 0) is 13.0 Å².